The highest BCUT2D eigenvalue weighted by molar-refractivity contribution is 8.27. The molecule has 0 atom stereocenters. The standard InChI is InChI=1S/C18H15NO4S2/c1-22-13-5-3-12(4-6-13)19-17(21)16(25-18(19)24)10-11-9-14(23-2)7-8-15(11)20/h3-10,20H,1-2H3/b16-10+. The summed E-state index contributed by atoms with van der Waals surface area (Å²) in [6, 6.07) is 11.9. The molecule has 0 unspecified atom stereocenters. The number of nitrogens with zero attached hydrogens (tertiary/aromatic N) is 1. The number of ether oxygens (including phenoxy) is 2. The highest BCUT2D eigenvalue weighted by atomic mass is 32.2. The molecule has 0 bridgehead atoms. The number of rotatable bonds is 4. The zero-order chi connectivity index (χ0) is 18.0. The van der Waals surface area contributed by atoms with Crippen molar-refractivity contribution in [1.29, 1.82) is 0 Å². The highest BCUT2D eigenvalue weighted by Crippen LogP contribution is 2.37. The van der Waals surface area contributed by atoms with E-state index < -0.39 is 0 Å². The van der Waals surface area contributed by atoms with Crippen LogP contribution in [0, 0.1) is 0 Å². The summed E-state index contributed by atoms with van der Waals surface area (Å²) < 4.78 is 10.7. The lowest BCUT2D eigenvalue weighted by atomic mass is 10.1. The summed E-state index contributed by atoms with van der Waals surface area (Å²) in [7, 11) is 3.12. The summed E-state index contributed by atoms with van der Waals surface area (Å²) in [6.45, 7) is 0. The Hall–Kier alpha value is -2.51. The van der Waals surface area contributed by atoms with Crippen LogP contribution in [0.3, 0.4) is 0 Å². The van der Waals surface area contributed by atoms with Gasteiger partial charge < -0.3 is 14.6 Å². The Balaban J connectivity index is 1.93. The highest BCUT2D eigenvalue weighted by Gasteiger charge is 2.33. The summed E-state index contributed by atoms with van der Waals surface area (Å²) in [5.74, 6) is 1.12. The monoisotopic (exact) mass is 373 g/mol. The van der Waals surface area contributed by atoms with E-state index in [9.17, 15) is 9.90 Å². The third-order valence-electron chi connectivity index (χ3n) is 3.65. The van der Waals surface area contributed by atoms with Crippen LogP contribution in [0.4, 0.5) is 5.69 Å². The lowest BCUT2D eigenvalue weighted by Crippen LogP contribution is -2.27. The molecular weight excluding hydrogens is 358 g/mol. The molecule has 1 aliphatic heterocycles. The Morgan fingerprint density at radius 3 is 2.36 bits per heavy atom. The predicted octanol–water partition coefficient (Wildman–Crippen LogP) is 3.82. The SMILES string of the molecule is COc1ccc(N2C(=O)/C(=C\c3cc(OC)ccc3O)SC2=S)cc1. The van der Waals surface area contributed by atoms with Gasteiger partial charge in [-0.1, -0.05) is 24.0 Å². The first-order chi connectivity index (χ1) is 12.0. The minimum atomic E-state index is -0.234. The second-order valence-corrected chi connectivity index (χ2v) is 6.82. The lowest BCUT2D eigenvalue weighted by molar-refractivity contribution is -0.113. The van der Waals surface area contributed by atoms with Crippen molar-refractivity contribution in [2.75, 3.05) is 19.1 Å². The van der Waals surface area contributed by atoms with E-state index in [0.717, 1.165) is 0 Å². The second-order valence-electron chi connectivity index (χ2n) is 5.14. The van der Waals surface area contributed by atoms with Crippen LogP contribution in [-0.2, 0) is 4.79 Å². The molecule has 3 rings (SSSR count). The van der Waals surface area contributed by atoms with Gasteiger partial charge in [0.25, 0.3) is 5.91 Å². The normalized spacial score (nSPS) is 15.8. The number of phenols is 1. The topological polar surface area (TPSA) is 59.0 Å². The number of methoxy groups -OCH3 is 2. The molecule has 2 aromatic rings. The molecular formula is C18H15NO4S2. The summed E-state index contributed by atoms with van der Waals surface area (Å²) in [5.41, 5.74) is 1.16. The van der Waals surface area contributed by atoms with Crippen molar-refractivity contribution < 1.29 is 19.4 Å². The van der Waals surface area contributed by atoms with E-state index in [4.69, 9.17) is 21.7 Å². The molecule has 0 aromatic heterocycles. The first-order valence-electron chi connectivity index (χ1n) is 7.32. The van der Waals surface area contributed by atoms with Crippen molar-refractivity contribution in [3.8, 4) is 17.2 Å². The number of anilines is 1. The molecule has 0 aliphatic carbocycles. The minimum absolute atomic E-state index is 0.0653. The summed E-state index contributed by atoms with van der Waals surface area (Å²) >= 11 is 6.53. The zero-order valence-corrected chi connectivity index (χ0v) is 15.2. The molecule has 1 N–H and O–H groups in total. The van der Waals surface area contributed by atoms with Crippen LogP contribution < -0.4 is 14.4 Å². The zero-order valence-electron chi connectivity index (χ0n) is 13.6. The number of hydrogen-bond acceptors (Lipinski definition) is 6. The van der Waals surface area contributed by atoms with Crippen LogP contribution in [0.5, 0.6) is 17.2 Å². The average molecular weight is 373 g/mol. The van der Waals surface area contributed by atoms with E-state index in [0.29, 0.717) is 32.0 Å². The number of amides is 1. The van der Waals surface area contributed by atoms with Gasteiger partial charge in [-0.25, -0.2) is 0 Å². The summed E-state index contributed by atoms with van der Waals surface area (Å²) in [6.07, 6.45) is 1.61. The van der Waals surface area contributed by atoms with Gasteiger partial charge in [0.2, 0.25) is 0 Å². The molecule has 1 heterocycles. The number of carbonyl (C=O) groups is 1. The van der Waals surface area contributed by atoms with Gasteiger partial charge in [0, 0.05) is 5.56 Å². The molecule has 128 valence electrons. The predicted molar refractivity (Wildman–Crippen MR) is 103 cm³/mol. The molecule has 1 amide bonds. The van der Waals surface area contributed by atoms with Crippen LogP contribution in [0.25, 0.3) is 6.08 Å². The maximum atomic E-state index is 12.7. The largest absolute Gasteiger partial charge is 0.507 e. The number of aromatic hydroxyl groups is 1. The molecule has 0 radical (unpaired) electrons. The Morgan fingerprint density at radius 2 is 1.72 bits per heavy atom. The smallest absolute Gasteiger partial charge is 0.270 e. The van der Waals surface area contributed by atoms with Gasteiger partial charge in [0.15, 0.2) is 4.32 Å². The Kier molecular flexibility index (Phi) is 4.96. The summed E-state index contributed by atoms with van der Waals surface area (Å²) in [5, 5.41) is 10.0. The fraction of sp³-hybridized carbons (Fsp3) is 0.111. The van der Waals surface area contributed by atoms with E-state index in [2.05, 4.69) is 0 Å². The molecule has 0 spiro atoms. The van der Waals surface area contributed by atoms with Gasteiger partial charge >= 0.3 is 0 Å². The number of thioether (sulfide) groups is 1. The minimum Gasteiger partial charge on any atom is -0.507 e. The van der Waals surface area contributed by atoms with Crippen molar-refractivity contribution in [3.05, 3.63) is 52.9 Å². The van der Waals surface area contributed by atoms with Crippen molar-refractivity contribution in [2.24, 2.45) is 0 Å². The van der Waals surface area contributed by atoms with Crippen molar-refractivity contribution in [3.63, 3.8) is 0 Å². The third kappa shape index (κ3) is 3.47. The number of thiocarbonyl (C=S) groups is 1. The number of carbonyl (C=O) groups excluding carboxylic acids is 1. The van der Waals surface area contributed by atoms with Crippen LogP contribution in [0.1, 0.15) is 5.56 Å². The van der Waals surface area contributed by atoms with E-state index in [-0.39, 0.29) is 11.7 Å². The Morgan fingerprint density at radius 1 is 1.08 bits per heavy atom. The first kappa shape index (κ1) is 17.3. The van der Waals surface area contributed by atoms with Crippen LogP contribution in [-0.4, -0.2) is 29.6 Å². The second kappa shape index (κ2) is 7.16. The maximum absolute atomic E-state index is 12.7. The average Bonchev–Trinajstić information content (AvgIpc) is 2.90. The van der Waals surface area contributed by atoms with Gasteiger partial charge in [0.1, 0.15) is 17.2 Å². The van der Waals surface area contributed by atoms with E-state index >= 15 is 0 Å². The molecule has 1 aliphatic rings. The molecule has 7 heteroatoms. The number of hydrogen-bond donors (Lipinski definition) is 1. The first-order valence-corrected chi connectivity index (χ1v) is 8.55. The third-order valence-corrected chi connectivity index (χ3v) is 4.95. The Labute approximate surface area is 154 Å². The van der Waals surface area contributed by atoms with Crippen molar-refractivity contribution in [2.45, 2.75) is 0 Å². The lowest BCUT2D eigenvalue weighted by Gasteiger charge is -2.14. The Bertz CT molecular complexity index is 862. The molecule has 2 aromatic carbocycles. The van der Waals surface area contributed by atoms with Crippen molar-refractivity contribution >= 4 is 46.0 Å². The summed E-state index contributed by atoms with van der Waals surface area (Å²) in [4.78, 5) is 14.6. The molecule has 0 saturated carbocycles. The van der Waals surface area contributed by atoms with Crippen LogP contribution in [0.15, 0.2) is 47.4 Å². The van der Waals surface area contributed by atoms with E-state index in [1.165, 1.54) is 22.7 Å². The molecule has 1 saturated heterocycles. The van der Waals surface area contributed by atoms with Crippen LogP contribution in [0.2, 0.25) is 0 Å². The maximum Gasteiger partial charge on any atom is 0.270 e. The van der Waals surface area contributed by atoms with Gasteiger partial charge in [-0.3, -0.25) is 9.69 Å². The van der Waals surface area contributed by atoms with Crippen molar-refractivity contribution in [1.82, 2.24) is 0 Å². The quantitative estimate of drug-likeness (QED) is 0.650. The molecule has 1 fully saturated rings. The van der Waals surface area contributed by atoms with E-state index in [1.807, 2.05) is 0 Å². The number of benzene rings is 2. The van der Waals surface area contributed by atoms with Gasteiger partial charge in [-0.2, -0.15) is 0 Å². The number of phenolic OH excluding ortho intramolecular Hbond substituents is 1. The van der Waals surface area contributed by atoms with Gasteiger partial charge in [-0.15, -0.1) is 0 Å². The van der Waals surface area contributed by atoms with Gasteiger partial charge in [-0.05, 0) is 48.5 Å². The van der Waals surface area contributed by atoms with Gasteiger partial charge in [0.05, 0.1) is 24.8 Å². The fourth-order valence-electron chi connectivity index (χ4n) is 2.34. The van der Waals surface area contributed by atoms with Crippen LogP contribution >= 0.6 is 24.0 Å². The molecule has 5 nitrogen and oxygen atoms in total. The van der Waals surface area contributed by atoms with E-state index in [1.54, 1.807) is 56.7 Å². The molecule has 25 heavy (non-hydrogen) atoms. The fourth-order valence-corrected chi connectivity index (χ4v) is 3.63.